The number of aromatic nitrogens is 1. The first-order chi connectivity index (χ1) is 9.47. The predicted octanol–water partition coefficient (Wildman–Crippen LogP) is 3.54. The van der Waals surface area contributed by atoms with Gasteiger partial charge in [0.2, 0.25) is 0 Å². The van der Waals surface area contributed by atoms with Gasteiger partial charge in [-0.1, -0.05) is 6.07 Å². The van der Waals surface area contributed by atoms with Gasteiger partial charge < -0.3 is 9.84 Å². The number of aromatic carboxylic acids is 1. The summed E-state index contributed by atoms with van der Waals surface area (Å²) in [5.41, 5.74) is 2.97. The zero-order chi connectivity index (χ0) is 14.7. The summed E-state index contributed by atoms with van der Waals surface area (Å²) in [5.74, 6) is -0.258. The van der Waals surface area contributed by atoms with Crippen LogP contribution in [0.5, 0.6) is 5.75 Å². The molecule has 0 aliphatic heterocycles. The van der Waals surface area contributed by atoms with Crippen LogP contribution in [0.1, 0.15) is 29.8 Å². The molecule has 0 aliphatic rings. The molecule has 0 spiro atoms. The first kappa shape index (κ1) is 14.1. The van der Waals surface area contributed by atoms with Gasteiger partial charge in [0, 0.05) is 11.8 Å². The second-order valence-corrected chi connectivity index (χ2v) is 4.91. The zero-order valence-electron chi connectivity index (χ0n) is 11.8. The van der Waals surface area contributed by atoms with Crippen molar-refractivity contribution in [3.8, 4) is 16.9 Å². The molecule has 0 atom stereocenters. The summed E-state index contributed by atoms with van der Waals surface area (Å²) in [7, 11) is 0. The number of nitrogens with zero attached hydrogens (tertiary/aromatic N) is 1. The summed E-state index contributed by atoms with van der Waals surface area (Å²) in [4.78, 5) is 15.2. The number of aryl methyl sites for hydroxylation is 1. The van der Waals surface area contributed by atoms with E-state index in [1.165, 1.54) is 0 Å². The van der Waals surface area contributed by atoms with Crippen LogP contribution in [0.2, 0.25) is 0 Å². The molecule has 20 heavy (non-hydrogen) atoms. The smallest absolute Gasteiger partial charge is 0.335 e. The minimum absolute atomic E-state index is 0.0681. The molecule has 0 saturated carbocycles. The highest BCUT2D eigenvalue weighted by atomic mass is 16.5. The van der Waals surface area contributed by atoms with Gasteiger partial charge >= 0.3 is 5.97 Å². The van der Waals surface area contributed by atoms with E-state index in [-0.39, 0.29) is 11.7 Å². The Bertz CT molecular complexity index is 635. The van der Waals surface area contributed by atoms with Crippen LogP contribution in [0.4, 0.5) is 0 Å². The highest BCUT2D eigenvalue weighted by Crippen LogP contribution is 2.27. The van der Waals surface area contributed by atoms with Crippen molar-refractivity contribution in [1.29, 1.82) is 0 Å². The molecule has 0 radical (unpaired) electrons. The lowest BCUT2D eigenvalue weighted by Crippen LogP contribution is -2.05. The molecule has 0 saturated heterocycles. The molecule has 2 aromatic rings. The van der Waals surface area contributed by atoms with Crippen molar-refractivity contribution in [2.45, 2.75) is 26.9 Å². The maximum Gasteiger partial charge on any atom is 0.335 e. The molecule has 0 amide bonds. The number of benzene rings is 1. The van der Waals surface area contributed by atoms with E-state index in [4.69, 9.17) is 9.84 Å². The molecule has 1 N–H and O–H groups in total. The largest absolute Gasteiger partial charge is 0.489 e. The number of carbonyl (C=O) groups is 1. The normalized spacial score (nSPS) is 10.6. The molecule has 104 valence electrons. The Hall–Kier alpha value is -2.36. The molecule has 1 heterocycles. The van der Waals surface area contributed by atoms with Crippen molar-refractivity contribution >= 4 is 5.97 Å². The summed E-state index contributed by atoms with van der Waals surface area (Å²) in [6, 6.07) is 6.94. The van der Waals surface area contributed by atoms with Gasteiger partial charge in [-0.05, 0) is 50.1 Å². The fourth-order valence-electron chi connectivity index (χ4n) is 1.97. The fourth-order valence-corrected chi connectivity index (χ4v) is 1.97. The lowest BCUT2D eigenvalue weighted by Gasteiger charge is -2.12. The molecule has 0 unspecified atom stereocenters. The molecule has 0 bridgehead atoms. The summed E-state index contributed by atoms with van der Waals surface area (Å²) in [5, 5.41) is 9.08. The van der Waals surface area contributed by atoms with Gasteiger partial charge in [-0.25, -0.2) is 4.79 Å². The summed E-state index contributed by atoms with van der Waals surface area (Å²) >= 11 is 0. The standard InChI is InChI=1S/C16H17NO3/c1-10(2)20-14-6-13(8-17-9-14)15-7-12(16(18)19)5-4-11(15)3/h4-10H,1-3H3,(H,18,19). The van der Waals surface area contributed by atoms with Crippen LogP contribution >= 0.6 is 0 Å². The van der Waals surface area contributed by atoms with E-state index in [0.29, 0.717) is 5.75 Å². The monoisotopic (exact) mass is 271 g/mol. The van der Waals surface area contributed by atoms with Gasteiger partial charge in [0.25, 0.3) is 0 Å². The van der Waals surface area contributed by atoms with E-state index in [2.05, 4.69) is 4.98 Å². The number of carboxylic acid groups (broad SMARTS) is 1. The third-order valence-electron chi connectivity index (χ3n) is 2.88. The van der Waals surface area contributed by atoms with Gasteiger partial charge in [0.15, 0.2) is 0 Å². The van der Waals surface area contributed by atoms with Gasteiger partial charge in [0.1, 0.15) is 5.75 Å². The molecule has 0 fully saturated rings. The quantitative estimate of drug-likeness (QED) is 0.924. The molecule has 4 heteroatoms. The van der Waals surface area contributed by atoms with Crippen molar-refractivity contribution in [3.05, 3.63) is 47.8 Å². The topological polar surface area (TPSA) is 59.4 Å². The van der Waals surface area contributed by atoms with Crippen LogP contribution in [0, 0.1) is 6.92 Å². The first-order valence-corrected chi connectivity index (χ1v) is 6.43. The summed E-state index contributed by atoms with van der Waals surface area (Å²) in [6.07, 6.45) is 3.43. The van der Waals surface area contributed by atoms with Crippen LogP contribution in [-0.4, -0.2) is 22.2 Å². The maximum atomic E-state index is 11.1. The average Bonchev–Trinajstić information content (AvgIpc) is 2.38. The zero-order valence-corrected chi connectivity index (χ0v) is 11.8. The van der Waals surface area contributed by atoms with Crippen LogP contribution < -0.4 is 4.74 Å². The Morgan fingerprint density at radius 3 is 2.65 bits per heavy atom. The molecule has 2 rings (SSSR count). The summed E-state index contributed by atoms with van der Waals surface area (Å²) in [6.45, 7) is 5.84. The fraction of sp³-hybridized carbons (Fsp3) is 0.250. The van der Waals surface area contributed by atoms with Crippen molar-refractivity contribution in [2.24, 2.45) is 0 Å². The minimum Gasteiger partial charge on any atom is -0.489 e. The molecule has 1 aromatic carbocycles. The third kappa shape index (κ3) is 3.15. The number of pyridine rings is 1. The van der Waals surface area contributed by atoms with Gasteiger partial charge in [-0.15, -0.1) is 0 Å². The van der Waals surface area contributed by atoms with Crippen LogP contribution in [0.3, 0.4) is 0 Å². The molecule has 1 aromatic heterocycles. The van der Waals surface area contributed by atoms with E-state index in [1.807, 2.05) is 26.8 Å². The Balaban J connectivity index is 2.45. The number of rotatable bonds is 4. The lowest BCUT2D eigenvalue weighted by atomic mass is 9.99. The van der Waals surface area contributed by atoms with E-state index in [0.717, 1.165) is 16.7 Å². The first-order valence-electron chi connectivity index (χ1n) is 6.43. The third-order valence-corrected chi connectivity index (χ3v) is 2.88. The Morgan fingerprint density at radius 2 is 2.00 bits per heavy atom. The van der Waals surface area contributed by atoms with Crippen molar-refractivity contribution < 1.29 is 14.6 Å². The predicted molar refractivity (Wildman–Crippen MR) is 77.1 cm³/mol. The highest BCUT2D eigenvalue weighted by molar-refractivity contribution is 5.90. The highest BCUT2D eigenvalue weighted by Gasteiger charge is 2.09. The molecule has 4 nitrogen and oxygen atoms in total. The van der Waals surface area contributed by atoms with E-state index >= 15 is 0 Å². The van der Waals surface area contributed by atoms with E-state index in [1.54, 1.807) is 30.6 Å². The lowest BCUT2D eigenvalue weighted by molar-refractivity contribution is 0.0697. The number of carboxylic acids is 1. The van der Waals surface area contributed by atoms with Crippen molar-refractivity contribution in [1.82, 2.24) is 4.98 Å². The SMILES string of the molecule is Cc1ccc(C(=O)O)cc1-c1cncc(OC(C)C)c1. The summed E-state index contributed by atoms with van der Waals surface area (Å²) < 4.78 is 5.62. The Labute approximate surface area is 118 Å². The van der Waals surface area contributed by atoms with E-state index < -0.39 is 5.97 Å². The second kappa shape index (κ2) is 5.74. The molecule has 0 aliphatic carbocycles. The Morgan fingerprint density at radius 1 is 1.25 bits per heavy atom. The van der Waals surface area contributed by atoms with Crippen molar-refractivity contribution in [3.63, 3.8) is 0 Å². The van der Waals surface area contributed by atoms with Crippen LogP contribution in [0.25, 0.3) is 11.1 Å². The number of hydrogen-bond acceptors (Lipinski definition) is 3. The minimum atomic E-state index is -0.936. The van der Waals surface area contributed by atoms with Crippen LogP contribution in [-0.2, 0) is 0 Å². The molecular formula is C16H17NO3. The number of hydrogen-bond donors (Lipinski definition) is 1. The number of ether oxygens (including phenoxy) is 1. The van der Waals surface area contributed by atoms with E-state index in [9.17, 15) is 4.79 Å². The second-order valence-electron chi connectivity index (χ2n) is 4.91. The van der Waals surface area contributed by atoms with Crippen LogP contribution in [0.15, 0.2) is 36.7 Å². The molecular weight excluding hydrogens is 254 g/mol. The van der Waals surface area contributed by atoms with Gasteiger partial charge in [-0.2, -0.15) is 0 Å². The Kier molecular flexibility index (Phi) is 4.03. The van der Waals surface area contributed by atoms with Gasteiger partial charge in [0.05, 0.1) is 17.9 Å². The average molecular weight is 271 g/mol. The maximum absolute atomic E-state index is 11.1. The van der Waals surface area contributed by atoms with Gasteiger partial charge in [-0.3, -0.25) is 4.98 Å². The van der Waals surface area contributed by atoms with Crippen molar-refractivity contribution in [2.75, 3.05) is 0 Å².